The zero-order chi connectivity index (χ0) is 18.4. The van der Waals surface area contributed by atoms with Crippen LogP contribution >= 0.6 is 11.3 Å². The molecule has 4 aromatic heterocycles. The lowest BCUT2D eigenvalue weighted by molar-refractivity contribution is 0.340. The summed E-state index contributed by atoms with van der Waals surface area (Å²) in [6, 6.07) is 0. The van der Waals surface area contributed by atoms with Gasteiger partial charge in [0.2, 0.25) is 0 Å². The number of pyridine rings is 1. The number of nitrogens with one attached hydrogen (secondary N) is 2. The molecule has 1 saturated heterocycles. The van der Waals surface area contributed by atoms with Crippen LogP contribution in [-0.2, 0) is 6.54 Å². The van der Waals surface area contributed by atoms with E-state index in [0.717, 1.165) is 53.9 Å². The third-order valence-corrected chi connectivity index (χ3v) is 6.77. The van der Waals surface area contributed by atoms with Crippen molar-refractivity contribution in [3.05, 3.63) is 29.0 Å². The number of aromatic amines is 1. The second-order valence-electron chi connectivity index (χ2n) is 7.50. The molecule has 6 nitrogen and oxygen atoms in total. The van der Waals surface area contributed by atoms with Crippen LogP contribution in [0.3, 0.4) is 0 Å². The highest BCUT2D eigenvalue weighted by molar-refractivity contribution is 7.18. The van der Waals surface area contributed by atoms with Gasteiger partial charge in [0, 0.05) is 18.9 Å². The van der Waals surface area contributed by atoms with Crippen LogP contribution in [0.15, 0.2) is 17.8 Å². The molecule has 2 N–H and O–H groups in total. The van der Waals surface area contributed by atoms with Crippen molar-refractivity contribution in [2.45, 2.75) is 39.7 Å². The predicted molar refractivity (Wildman–Crippen MR) is 110 cm³/mol. The minimum absolute atomic E-state index is 0.775. The Morgan fingerprint density at radius 1 is 1.19 bits per heavy atom. The highest BCUT2D eigenvalue weighted by Crippen LogP contribution is 2.35. The molecule has 7 heteroatoms. The van der Waals surface area contributed by atoms with E-state index in [1.165, 1.54) is 35.0 Å². The third kappa shape index (κ3) is 2.85. The zero-order valence-corrected chi connectivity index (χ0v) is 16.6. The summed E-state index contributed by atoms with van der Waals surface area (Å²) in [5, 5.41) is 5.67. The number of rotatable bonds is 4. The van der Waals surface area contributed by atoms with Crippen molar-refractivity contribution in [1.82, 2.24) is 29.8 Å². The standard InChI is InChI=1S/C20H24N6S/c1-12-11-27-18-15(12)24-13(2)16-17(18)26(10-5-14-3-6-21-7-4-14)20(25-16)19-22-8-9-23-19/h8-9,11,14,21H,3-7,10H2,1-2H3,(H,22,23). The molecule has 0 spiro atoms. The highest BCUT2D eigenvalue weighted by atomic mass is 32.1. The van der Waals surface area contributed by atoms with Gasteiger partial charge in [-0.2, -0.15) is 0 Å². The fraction of sp³-hybridized carbons (Fsp3) is 0.450. The molecule has 5 heterocycles. The molecule has 0 atom stereocenters. The van der Waals surface area contributed by atoms with E-state index in [1.807, 2.05) is 6.20 Å². The van der Waals surface area contributed by atoms with Crippen molar-refractivity contribution in [3.63, 3.8) is 0 Å². The quantitative estimate of drug-likeness (QED) is 0.560. The molecule has 1 aliphatic heterocycles. The molecule has 0 amide bonds. The number of fused-ring (bicyclic) bond motifs is 3. The summed E-state index contributed by atoms with van der Waals surface area (Å²) in [7, 11) is 0. The normalized spacial score (nSPS) is 15.9. The van der Waals surface area contributed by atoms with Gasteiger partial charge in [-0.15, -0.1) is 11.3 Å². The number of hydrogen-bond donors (Lipinski definition) is 2. The summed E-state index contributed by atoms with van der Waals surface area (Å²) in [6.45, 7) is 7.44. The second-order valence-corrected chi connectivity index (χ2v) is 8.38. The number of H-pyrrole nitrogens is 1. The Kier molecular flexibility index (Phi) is 4.21. The van der Waals surface area contributed by atoms with E-state index in [-0.39, 0.29) is 0 Å². The Balaban J connectivity index is 1.68. The summed E-state index contributed by atoms with van der Waals surface area (Å²) >= 11 is 1.77. The average molecular weight is 381 g/mol. The predicted octanol–water partition coefficient (Wildman–Crippen LogP) is 4.04. The van der Waals surface area contributed by atoms with Crippen LogP contribution < -0.4 is 5.32 Å². The monoisotopic (exact) mass is 380 g/mol. The number of thiophene rings is 1. The first kappa shape index (κ1) is 16.9. The van der Waals surface area contributed by atoms with E-state index >= 15 is 0 Å². The van der Waals surface area contributed by atoms with Gasteiger partial charge in [-0.25, -0.2) is 15.0 Å². The van der Waals surface area contributed by atoms with Gasteiger partial charge in [0.05, 0.1) is 21.4 Å². The largest absolute Gasteiger partial charge is 0.342 e. The lowest BCUT2D eigenvalue weighted by Crippen LogP contribution is -2.28. The number of nitrogens with zero attached hydrogens (tertiary/aromatic N) is 4. The van der Waals surface area contributed by atoms with Gasteiger partial charge in [0.15, 0.2) is 11.6 Å². The Morgan fingerprint density at radius 2 is 2.04 bits per heavy atom. The van der Waals surface area contributed by atoms with E-state index in [1.54, 1.807) is 17.5 Å². The van der Waals surface area contributed by atoms with Crippen LogP contribution in [0.25, 0.3) is 32.9 Å². The molecule has 4 aromatic rings. The fourth-order valence-electron chi connectivity index (χ4n) is 4.17. The molecular formula is C20H24N6S. The molecule has 0 unspecified atom stereocenters. The van der Waals surface area contributed by atoms with Crippen LogP contribution in [0.1, 0.15) is 30.5 Å². The highest BCUT2D eigenvalue weighted by Gasteiger charge is 2.22. The van der Waals surface area contributed by atoms with Gasteiger partial charge in [0.1, 0.15) is 5.52 Å². The lowest BCUT2D eigenvalue weighted by Gasteiger charge is -2.23. The number of imidazole rings is 2. The van der Waals surface area contributed by atoms with Crippen molar-refractivity contribution in [2.24, 2.45) is 5.92 Å². The summed E-state index contributed by atoms with van der Waals surface area (Å²) in [6.07, 6.45) is 7.35. The lowest BCUT2D eigenvalue weighted by atomic mass is 9.95. The van der Waals surface area contributed by atoms with E-state index in [4.69, 9.17) is 9.97 Å². The maximum absolute atomic E-state index is 4.98. The molecule has 1 aliphatic rings. The molecule has 0 saturated carbocycles. The van der Waals surface area contributed by atoms with Crippen LogP contribution in [-0.4, -0.2) is 37.6 Å². The molecule has 5 rings (SSSR count). The van der Waals surface area contributed by atoms with E-state index in [0.29, 0.717) is 0 Å². The first-order valence-corrected chi connectivity index (χ1v) is 10.6. The number of piperidine rings is 1. The van der Waals surface area contributed by atoms with Crippen molar-refractivity contribution < 1.29 is 0 Å². The van der Waals surface area contributed by atoms with Crippen LogP contribution in [0.5, 0.6) is 0 Å². The molecule has 0 radical (unpaired) electrons. The minimum atomic E-state index is 0.775. The van der Waals surface area contributed by atoms with Gasteiger partial charge in [-0.05, 0) is 63.1 Å². The van der Waals surface area contributed by atoms with E-state index < -0.39 is 0 Å². The Hall–Kier alpha value is -2.25. The third-order valence-electron chi connectivity index (χ3n) is 5.68. The van der Waals surface area contributed by atoms with Crippen LogP contribution in [0.4, 0.5) is 0 Å². The van der Waals surface area contributed by atoms with Crippen molar-refractivity contribution in [2.75, 3.05) is 13.1 Å². The zero-order valence-electron chi connectivity index (χ0n) is 15.7. The summed E-state index contributed by atoms with van der Waals surface area (Å²) in [5.74, 6) is 2.53. The van der Waals surface area contributed by atoms with Gasteiger partial charge in [-0.1, -0.05) is 0 Å². The van der Waals surface area contributed by atoms with Crippen molar-refractivity contribution in [3.8, 4) is 11.6 Å². The Labute approximate surface area is 162 Å². The van der Waals surface area contributed by atoms with Crippen LogP contribution in [0.2, 0.25) is 0 Å². The van der Waals surface area contributed by atoms with Crippen LogP contribution in [0, 0.1) is 19.8 Å². The molecule has 1 fully saturated rings. The summed E-state index contributed by atoms with van der Waals surface area (Å²) in [4.78, 5) is 17.6. The second kappa shape index (κ2) is 6.73. The van der Waals surface area contributed by atoms with Gasteiger partial charge in [-0.3, -0.25) is 0 Å². The van der Waals surface area contributed by atoms with Gasteiger partial charge < -0.3 is 14.9 Å². The first-order valence-electron chi connectivity index (χ1n) is 9.67. The number of aryl methyl sites for hydroxylation is 3. The molecule has 27 heavy (non-hydrogen) atoms. The molecule has 0 aliphatic carbocycles. The molecular weight excluding hydrogens is 356 g/mol. The molecule has 0 bridgehead atoms. The topological polar surface area (TPSA) is 71.4 Å². The molecule has 140 valence electrons. The summed E-state index contributed by atoms with van der Waals surface area (Å²) < 4.78 is 3.62. The van der Waals surface area contributed by atoms with Gasteiger partial charge in [0.25, 0.3) is 0 Å². The number of aromatic nitrogens is 5. The summed E-state index contributed by atoms with van der Waals surface area (Å²) in [5.41, 5.74) is 5.56. The van der Waals surface area contributed by atoms with Crippen molar-refractivity contribution in [1.29, 1.82) is 0 Å². The Bertz CT molecular complexity index is 1090. The van der Waals surface area contributed by atoms with E-state index in [9.17, 15) is 0 Å². The molecule has 0 aromatic carbocycles. The first-order chi connectivity index (χ1) is 13.2. The van der Waals surface area contributed by atoms with Gasteiger partial charge >= 0.3 is 0 Å². The maximum Gasteiger partial charge on any atom is 0.177 e. The van der Waals surface area contributed by atoms with Crippen molar-refractivity contribution >= 4 is 32.6 Å². The minimum Gasteiger partial charge on any atom is -0.342 e. The SMILES string of the molecule is Cc1csc2c1nc(C)c1nc(-c3ncc[nH]3)n(CCC3CCNCC3)c12. The maximum atomic E-state index is 4.98. The Morgan fingerprint density at radius 3 is 2.81 bits per heavy atom. The van der Waals surface area contributed by atoms with E-state index in [2.05, 4.69) is 39.1 Å². The fourth-order valence-corrected chi connectivity index (χ4v) is 5.21. The smallest absolute Gasteiger partial charge is 0.177 e. The number of hydrogen-bond acceptors (Lipinski definition) is 5. The average Bonchev–Trinajstić information content (AvgIpc) is 3.40.